The predicted octanol–water partition coefficient (Wildman–Crippen LogP) is 5.38. The Morgan fingerprint density at radius 2 is 2.05 bits per heavy atom. The molecule has 3 aliphatic rings. The van der Waals surface area contributed by atoms with Crippen molar-refractivity contribution in [2.75, 3.05) is 51.3 Å². The Balaban J connectivity index is 1.35. The number of hydrogen-bond acceptors (Lipinski definition) is 7. The number of fused-ring (bicyclic) bond motifs is 2. The minimum Gasteiger partial charge on any atom is -0.461 e. The maximum atomic E-state index is 13.8. The van der Waals surface area contributed by atoms with Crippen LogP contribution in [0.4, 0.5) is 10.2 Å². The van der Waals surface area contributed by atoms with Crippen LogP contribution in [0.15, 0.2) is 48.8 Å². The molecule has 230 valence electrons. The zero-order chi connectivity index (χ0) is 31.0. The summed E-state index contributed by atoms with van der Waals surface area (Å²) >= 11 is 6.67. The van der Waals surface area contributed by atoms with Gasteiger partial charge < -0.3 is 24.1 Å². The van der Waals surface area contributed by atoms with Crippen LogP contribution in [0, 0.1) is 6.57 Å². The van der Waals surface area contributed by atoms with Gasteiger partial charge in [-0.25, -0.2) is 11.0 Å². The number of carbonyl (C=O) groups excluding carboxylic acids is 1. The van der Waals surface area contributed by atoms with Crippen molar-refractivity contribution in [1.29, 1.82) is 0 Å². The highest BCUT2D eigenvalue weighted by atomic mass is 35.5. The molecule has 2 fully saturated rings. The average Bonchev–Trinajstić information content (AvgIpc) is 3.36. The summed E-state index contributed by atoms with van der Waals surface area (Å²) in [7, 11) is 2.11. The molecule has 9 nitrogen and oxygen atoms in total. The number of benzene rings is 2. The van der Waals surface area contributed by atoms with E-state index in [2.05, 4.69) is 30.3 Å². The summed E-state index contributed by atoms with van der Waals surface area (Å²) < 4.78 is 26.6. The van der Waals surface area contributed by atoms with Crippen LogP contribution in [0.2, 0.25) is 5.02 Å². The van der Waals surface area contributed by atoms with E-state index in [4.69, 9.17) is 37.6 Å². The first-order valence-electron chi connectivity index (χ1n) is 14.9. The number of aromatic nitrogens is 2. The number of anilines is 1. The van der Waals surface area contributed by atoms with Crippen LogP contribution >= 0.6 is 11.6 Å². The SMILES string of the molecule is [C-]#[N+]C[C@H]1CN(c2nc(OC[C@]3(C)CCCN3C)nc3c2COC(c2cccc4cccc(Cl)c24)C3)CCN1C(=O)C(=C)F. The lowest BCUT2D eigenvalue weighted by molar-refractivity contribution is -0.131. The van der Waals surface area contributed by atoms with Gasteiger partial charge in [0, 0.05) is 42.0 Å². The monoisotopic (exact) mass is 618 g/mol. The molecule has 1 unspecified atom stereocenters. The molecule has 1 aromatic heterocycles. The van der Waals surface area contributed by atoms with Gasteiger partial charge in [-0.05, 0) is 50.4 Å². The van der Waals surface area contributed by atoms with E-state index in [1.807, 2.05) is 41.3 Å². The maximum Gasteiger partial charge on any atom is 0.318 e. The Kier molecular flexibility index (Phi) is 8.46. The van der Waals surface area contributed by atoms with Crippen LogP contribution in [0.1, 0.15) is 42.7 Å². The molecule has 2 saturated heterocycles. The van der Waals surface area contributed by atoms with E-state index in [1.165, 1.54) is 4.90 Å². The molecule has 4 heterocycles. The number of likely N-dealkylation sites (tertiary alicyclic amines) is 1. The summed E-state index contributed by atoms with van der Waals surface area (Å²) in [4.78, 5) is 31.6. The molecule has 0 N–H and O–H groups in total. The van der Waals surface area contributed by atoms with Crippen molar-refractivity contribution in [2.45, 2.75) is 50.5 Å². The van der Waals surface area contributed by atoms with Gasteiger partial charge in [-0.2, -0.15) is 9.97 Å². The second-order valence-electron chi connectivity index (χ2n) is 12.1. The highest BCUT2D eigenvalue weighted by Gasteiger charge is 2.38. The topological polar surface area (TPSA) is 75.4 Å². The largest absolute Gasteiger partial charge is 0.461 e. The summed E-state index contributed by atoms with van der Waals surface area (Å²) in [5.74, 6) is -1.15. The number of amides is 1. The van der Waals surface area contributed by atoms with Crippen LogP contribution < -0.4 is 9.64 Å². The van der Waals surface area contributed by atoms with Gasteiger partial charge in [-0.3, -0.25) is 9.69 Å². The number of halogens is 2. The molecule has 0 bridgehead atoms. The van der Waals surface area contributed by atoms with Gasteiger partial charge in [0.1, 0.15) is 18.5 Å². The molecular formula is C33H36ClFN6O3. The lowest BCUT2D eigenvalue weighted by Crippen LogP contribution is -2.57. The Bertz CT molecular complexity index is 1640. The molecule has 0 saturated carbocycles. The third-order valence-electron chi connectivity index (χ3n) is 9.31. The van der Waals surface area contributed by atoms with Crippen molar-refractivity contribution in [3.63, 3.8) is 0 Å². The number of nitrogens with zero attached hydrogens (tertiary/aromatic N) is 6. The third-order valence-corrected chi connectivity index (χ3v) is 9.63. The minimum atomic E-state index is -1.03. The molecule has 0 aliphatic carbocycles. The second-order valence-corrected chi connectivity index (χ2v) is 12.5. The molecule has 0 spiro atoms. The maximum absolute atomic E-state index is 13.8. The van der Waals surface area contributed by atoms with Gasteiger partial charge >= 0.3 is 6.01 Å². The molecule has 6 rings (SSSR count). The standard InChI is InChI=1S/C33H36ClFN6O3/c1-21(35)31(42)41-15-14-40(18-23(41)17-36-3)30-25-19-43-28(24-10-5-8-22-9-6-11-26(34)29(22)24)16-27(25)37-32(38-30)44-20-33(2)12-7-13-39(33)4/h5-6,8-11,23,28H,1,7,12-20H2,2,4H3/t23-,28?,33-/m0/s1. The number of piperazine rings is 1. The van der Waals surface area contributed by atoms with Crippen molar-refractivity contribution in [3.05, 3.63) is 82.1 Å². The van der Waals surface area contributed by atoms with E-state index in [-0.39, 0.29) is 37.3 Å². The van der Waals surface area contributed by atoms with Gasteiger partial charge in [-0.15, -0.1) is 0 Å². The van der Waals surface area contributed by atoms with Gasteiger partial charge in [0.05, 0.1) is 23.9 Å². The van der Waals surface area contributed by atoms with Crippen molar-refractivity contribution in [2.24, 2.45) is 0 Å². The van der Waals surface area contributed by atoms with E-state index in [0.717, 1.165) is 47.0 Å². The van der Waals surface area contributed by atoms with Crippen molar-refractivity contribution >= 4 is 34.1 Å². The van der Waals surface area contributed by atoms with E-state index in [9.17, 15) is 9.18 Å². The van der Waals surface area contributed by atoms with Gasteiger partial charge in [0.15, 0.2) is 5.83 Å². The lowest BCUT2D eigenvalue weighted by Gasteiger charge is -2.40. The van der Waals surface area contributed by atoms with Crippen LogP contribution in [0.3, 0.4) is 0 Å². The molecule has 0 radical (unpaired) electrons. The Morgan fingerprint density at radius 1 is 1.25 bits per heavy atom. The second kappa shape index (κ2) is 12.3. The highest BCUT2D eigenvalue weighted by molar-refractivity contribution is 6.35. The average molecular weight is 619 g/mol. The number of ether oxygens (including phenoxy) is 2. The molecule has 3 aliphatic heterocycles. The Labute approximate surface area is 262 Å². The van der Waals surface area contributed by atoms with E-state index in [1.54, 1.807) is 0 Å². The summed E-state index contributed by atoms with van der Waals surface area (Å²) in [6.07, 6.45) is 2.34. The quantitative estimate of drug-likeness (QED) is 0.260. The minimum absolute atomic E-state index is 0.0389. The summed E-state index contributed by atoms with van der Waals surface area (Å²) in [6, 6.07) is 11.7. The first-order valence-corrected chi connectivity index (χ1v) is 15.3. The third kappa shape index (κ3) is 5.72. The fraction of sp³-hybridized carbons (Fsp3) is 0.455. The zero-order valence-corrected chi connectivity index (χ0v) is 25.8. The Morgan fingerprint density at radius 3 is 2.77 bits per heavy atom. The predicted molar refractivity (Wildman–Crippen MR) is 167 cm³/mol. The Hall–Kier alpha value is -3.78. The highest BCUT2D eigenvalue weighted by Crippen LogP contribution is 2.40. The van der Waals surface area contributed by atoms with Crippen molar-refractivity contribution in [1.82, 2.24) is 19.8 Å². The van der Waals surface area contributed by atoms with Crippen LogP contribution in [-0.4, -0.2) is 83.6 Å². The molecular weight excluding hydrogens is 583 g/mol. The number of hydrogen-bond donors (Lipinski definition) is 0. The fourth-order valence-electron chi connectivity index (χ4n) is 6.64. The van der Waals surface area contributed by atoms with Gasteiger partial charge in [-0.1, -0.05) is 48.5 Å². The first kappa shape index (κ1) is 30.3. The molecule has 3 aromatic rings. The molecule has 2 aromatic carbocycles. The molecule has 44 heavy (non-hydrogen) atoms. The first-order chi connectivity index (χ1) is 21.2. The van der Waals surface area contributed by atoms with E-state index < -0.39 is 17.8 Å². The summed E-state index contributed by atoms with van der Waals surface area (Å²) in [6.45, 7) is 15.5. The lowest BCUT2D eigenvalue weighted by atomic mass is 9.94. The fourth-order valence-corrected chi connectivity index (χ4v) is 6.93. The number of carbonyl (C=O) groups is 1. The van der Waals surface area contributed by atoms with Gasteiger partial charge in [0.25, 0.3) is 5.91 Å². The van der Waals surface area contributed by atoms with E-state index >= 15 is 0 Å². The van der Waals surface area contributed by atoms with Gasteiger partial charge in [0.2, 0.25) is 6.54 Å². The van der Waals surface area contributed by atoms with Crippen molar-refractivity contribution in [3.8, 4) is 6.01 Å². The van der Waals surface area contributed by atoms with Crippen LogP contribution in [-0.2, 0) is 22.6 Å². The zero-order valence-electron chi connectivity index (χ0n) is 25.1. The summed E-state index contributed by atoms with van der Waals surface area (Å²) in [5.41, 5.74) is 2.55. The molecule has 11 heteroatoms. The normalized spacial score (nSPS) is 23.8. The van der Waals surface area contributed by atoms with Crippen LogP contribution in [0.25, 0.3) is 15.6 Å². The number of rotatable bonds is 7. The summed E-state index contributed by atoms with van der Waals surface area (Å²) in [5, 5.41) is 2.67. The van der Waals surface area contributed by atoms with E-state index in [0.29, 0.717) is 37.0 Å². The molecule has 3 atom stereocenters. The van der Waals surface area contributed by atoms with Crippen molar-refractivity contribution < 1.29 is 18.7 Å². The number of likely N-dealkylation sites (N-methyl/N-ethyl adjacent to an activating group) is 1. The van der Waals surface area contributed by atoms with Crippen LogP contribution in [0.5, 0.6) is 6.01 Å². The molecule has 1 amide bonds. The smallest absolute Gasteiger partial charge is 0.318 e.